The summed E-state index contributed by atoms with van der Waals surface area (Å²) < 4.78 is 29.9. The topological polar surface area (TPSA) is 128 Å². The van der Waals surface area contributed by atoms with Crippen molar-refractivity contribution in [2.75, 3.05) is 46.0 Å². The highest BCUT2D eigenvalue weighted by molar-refractivity contribution is 5.81. The van der Waals surface area contributed by atoms with Gasteiger partial charge in [-0.1, -0.05) is 72.8 Å². The Morgan fingerprint density at radius 3 is 2.33 bits per heavy atom. The number of carbonyl (C=O) groups is 2. The van der Waals surface area contributed by atoms with Crippen LogP contribution in [0.3, 0.4) is 0 Å². The number of esters is 1. The van der Waals surface area contributed by atoms with Crippen LogP contribution < -0.4 is 10.6 Å². The van der Waals surface area contributed by atoms with Gasteiger partial charge in [-0.15, -0.1) is 0 Å². The Morgan fingerprint density at radius 2 is 1.62 bits per heavy atom. The maximum Gasteiger partial charge on any atom is 0.325 e. The molecule has 3 fully saturated rings. The number of likely N-dealkylation sites (tertiary alicyclic amines) is 1. The first-order chi connectivity index (χ1) is 23.4. The quantitative estimate of drug-likeness (QED) is 0.253. The summed E-state index contributed by atoms with van der Waals surface area (Å²) in [6, 6.07) is 23.5. The second kappa shape index (κ2) is 16.0. The highest BCUT2D eigenvalue weighted by Crippen LogP contribution is 2.39. The van der Waals surface area contributed by atoms with E-state index in [0.717, 1.165) is 72.3 Å². The lowest BCUT2D eigenvalue weighted by atomic mass is 9.97. The van der Waals surface area contributed by atoms with E-state index in [1.165, 1.54) is 0 Å². The molecular weight excluding hydrogens is 614 g/mol. The Balaban J connectivity index is 1.13. The summed E-state index contributed by atoms with van der Waals surface area (Å²) in [5.74, 6) is -0.898. The van der Waals surface area contributed by atoms with Crippen LogP contribution in [-0.4, -0.2) is 79.9 Å². The van der Waals surface area contributed by atoms with E-state index in [1.54, 1.807) is 6.92 Å². The van der Waals surface area contributed by atoms with E-state index in [1.807, 2.05) is 72.8 Å². The average Bonchev–Trinajstić information content (AvgIpc) is 3.59. The van der Waals surface area contributed by atoms with Gasteiger partial charge in [-0.2, -0.15) is 0 Å². The molecule has 0 saturated carbocycles. The molecule has 0 bridgehead atoms. The third-order valence-electron chi connectivity index (χ3n) is 9.16. The second-order valence-corrected chi connectivity index (χ2v) is 12.4. The Kier molecular flexibility index (Phi) is 11.4. The molecule has 0 aliphatic carbocycles. The summed E-state index contributed by atoms with van der Waals surface area (Å²) in [7, 11) is 0. The lowest BCUT2D eigenvalue weighted by Crippen LogP contribution is -2.48. The molecule has 3 saturated heterocycles. The third kappa shape index (κ3) is 8.59. The van der Waals surface area contributed by atoms with E-state index < -0.39 is 24.1 Å². The van der Waals surface area contributed by atoms with Crippen molar-refractivity contribution in [2.45, 2.75) is 63.6 Å². The van der Waals surface area contributed by atoms with Gasteiger partial charge in [0.2, 0.25) is 0 Å². The minimum atomic E-state index is -0.557. The van der Waals surface area contributed by atoms with Crippen molar-refractivity contribution in [1.82, 2.24) is 15.5 Å². The number of nitrogens with zero attached hydrogens (tertiary/aromatic N) is 1. The minimum Gasteiger partial charge on any atom is -0.465 e. The molecule has 3 atom stereocenters. The molecule has 3 unspecified atom stereocenters. The average molecular weight is 660 g/mol. The Labute approximate surface area is 281 Å². The predicted molar refractivity (Wildman–Crippen MR) is 177 cm³/mol. The van der Waals surface area contributed by atoms with Crippen LogP contribution in [0.5, 0.6) is 0 Å². The van der Waals surface area contributed by atoms with Gasteiger partial charge in [0.05, 0.1) is 38.6 Å². The van der Waals surface area contributed by atoms with Crippen LogP contribution in [0.15, 0.2) is 72.8 Å². The first kappa shape index (κ1) is 34.0. The third-order valence-corrected chi connectivity index (χ3v) is 9.16. The number of benzene rings is 3. The molecular formula is C37H45N3O8. The van der Waals surface area contributed by atoms with Gasteiger partial charge in [0.25, 0.3) is 0 Å². The van der Waals surface area contributed by atoms with E-state index in [2.05, 4.69) is 15.5 Å². The molecule has 3 aromatic carbocycles. The number of amides is 2. The van der Waals surface area contributed by atoms with Crippen molar-refractivity contribution in [2.24, 2.45) is 0 Å². The first-order valence-corrected chi connectivity index (χ1v) is 16.8. The summed E-state index contributed by atoms with van der Waals surface area (Å²) in [4.78, 5) is 26.3. The van der Waals surface area contributed by atoms with Gasteiger partial charge in [0.15, 0.2) is 12.1 Å². The fourth-order valence-electron chi connectivity index (χ4n) is 6.56. The van der Waals surface area contributed by atoms with Gasteiger partial charge >= 0.3 is 12.0 Å². The maximum absolute atomic E-state index is 12.3. The van der Waals surface area contributed by atoms with Crippen LogP contribution in [0.1, 0.15) is 60.8 Å². The Morgan fingerprint density at radius 1 is 0.917 bits per heavy atom. The van der Waals surface area contributed by atoms with E-state index in [-0.39, 0.29) is 38.5 Å². The van der Waals surface area contributed by atoms with E-state index in [4.69, 9.17) is 23.7 Å². The number of hydrogen-bond donors (Lipinski definition) is 3. The van der Waals surface area contributed by atoms with Crippen molar-refractivity contribution < 1.29 is 38.4 Å². The van der Waals surface area contributed by atoms with Gasteiger partial charge in [0.1, 0.15) is 6.54 Å². The smallest absolute Gasteiger partial charge is 0.325 e. The summed E-state index contributed by atoms with van der Waals surface area (Å²) in [6.45, 7) is 5.97. The van der Waals surface area contributed by atoms with Crippen molar-refractivity contribution in [3.63, 3.8) is 0 Å². The molecule has 3 aliphatic rings. The molecule has 3 heterocycles. The van der Waals surface area contributed by atoms with E-state index in [0.29, 0.717) is 13.2 Å². The van der Waals surface area contributed by atoms with Gasteiger partial charge in [-0.25, -0.2) is 4.79 Å². The number of hydrogen-bond acceptors (Lipinski definition) is 9. The van der Waals surface area contributed by atoms with Crippen molar-refractivity contribution in [1.29, 1.82) is 0 Å². The van der Waals surface area contributed by atoms with Gasteiger partial charge in [-0.3, -0.25) is 4.79 Å². The Hall–Kier alpha value is -3.84. The fraction of sp³-hybridized carbons (Fsp3) is 0.459. The molecule has 6 rings (SSSR count). The summed E-state index contributed by atoms with van der Waals surface area (Å²) in [6.07, 6.45) is 1.64. The summed E-state index contributed by atoms with van der Waals surface area (Å²) in [5.41, 5.74) is 5.74. The minimum absolute atomic E-state index is 0.00172. The van der Waals surface area contributed by atoms with Crippen LogP contribution in [0.25, 0.3) is 11.1 Å². The number of piperidine rings is 1. The molecule has 3 aliphatic heterocycles. The molecule has 11 heteroatoms. The zero-order valence-electron chi connectivity index (χ0n) is 27.4. The van der Waals surface area contributed by atoms with E-state index >= 15 is 0 Å². The predicted octanol–water partition coefficient (Wildman–Crippen LogP) is 4.59. The van der Waals surface area contributed by atoms with Crippen LogP contribution in [0.4, 0.5) is 4.79 Å². The van der Waals surface area contributed by atoms with E-state index in [9.17, 15) is 14.7 Å². The van der Waals surface area contributed by atoms with Gasteiger partial charge in [-0.05, 0) is 34.7 Å². The van der Waals surface area contributed by atoms with Crippen LogP contribution in [0, 0.1) is 0 Å². The largest absolute Gasteiger partial charge is 0.465 e. The number of rotatable bonds is 11. The lowest BCUT2D eigenvalue weighted by molar-refractivity contribution is -0.255. The normalized spacial score (nSPS) is 22.3. The van der Waals surface area contributed by atoms with Crippen LogP contribution >= 0.6 is 0 Å². The van der Waals surface area contributed by atoms with Crippen LogP contribution in [0.2, 0.25) is 0 Å². The van der Waals surface area contributed by atoms with Crippen molar-refractivity contribution >= 4 is 12.0 Å². The summed E-state index contributed by atoms with van der Waals surface area (Å²) in [5, 5.41) is 14.9. The monoisotopic (exact) mass is 659 g/mol. The Bertz CT molecular complexity index is 1500. The van der Waals surface area contributed by atoms with Crippen molar-refractivity contribution in [3.8, 4) is 11.1 Å². The molecule has 3 N–H and O–H groups in total. The molecule has 2 amide bonds. The number of nitrogens with one attached hydrogen (secondary N) is 2. The molecule has 256 valence electrons. The van der Waals surface area contributed by atoms with Gasteiger partial charge < -0.3 is 44.3 Å². The van der Waals surface area contributed by atoms with Crippen molar-refractivity contribution in [3.05, 3.63) is 95.1 Å². The number of aliphatic hydroxyl groups excluding tert-OH is 1. The number of aliphatic hydroxyl groups is 1. The fourth-order valence-corrected chi connectivity index (χ4v) is 6.56. The number of urea groups is 1. The molecule has 3 aromatic rings. The second-order valence-electron chi connectivity index (χ2n) is 12.4. The molecule has 1 spiro atoms. The standard InChI is InChI=1S/C37H45N3O8/c1-2-44-34(42)23-39-36(43)38-22-30-5-3-4-6-32(30)27-11-13-29(14-12-27)35-47-31(21-33(48-35)28-9-7-26(25-41)8-10-28)24-40-17-15-37(16-18-40)45-19-20-46-37/h3-14,31,33,35,41H,2,15-25H2,1H3,(H2,38,39,43). The zero-order valence-corrected chi connectivity index (χ0v) is 27.4. The number of carbonyl (C=O) groups excluding carboxylic acids is 2. The highest BCUT2D eigenvalue weighted by atomic mass is 16.7. The molecule has 0 radical (unpaired) electrons. The maximum atomic E-state index is 12.3. The SMILES string of the molecule is CCOC(=O)CNC(=O)NCc1ccccc1-c1ccc(C2OC(CN3CCC4(CC3)OCCO4)CC(c3ccc(CO)cc3)O2)cc1. The zero-order chi connectivity index (χ0) is 33.3. The number of ether oxygens (including phenoxy) is 5. The molecule has 0 aromatic heterocycles. The highest BCUT2D eigenvalue weighted by Gasteiger charge is 2.41. The van der Waals surface area contributed by atoms with Gasteiger partial charge in [0, 0.05) is 51.0 Å². The lowest BCUT2D eigenvalue weighted by Gasteiger charge is -2.41. The molecule has 11 nitrogen and oxygen atoms in total. The summed E-state index contributed by atoms with van der Waals surface area (Å²) >= 11 is 0. The van der Waals surface area contributed by atoms with Crippen LogP contribution in [-0.2, 0) is 41.6 Å². The molecule has 48 heavy (non-hydrogen) atoms. The first-order valence-electron chi connectivity index (χ1n) is 16.8.